The van der Waals surface area contributed by atoms with Gasteiger partial charge in [-0.3, -0.25) is 0 Å². The number of rotatable bonds is 0. The summed E-state index contributed by atoms with van der Waals surface area (Å²) in [6, 6.07) is 0. The van der Waals surface area contributed by atoms with Gasteiger partial charge < -0.3 is 28.4 Å². The predicted octanol–water partition coefficient (Wildman–Crippen LogP) is 1.91. The Morgan fingerprint density at radius 3 is 1.60 bits per heavy atom. The second kappa shape index (κ2) is 14.2. The minimum atomic E-state index is 0.569. The van der Waals surface area contributed by atoms with Crippen LogP contribution in [0.25, 0.3) is 0 Å². The highest BCUT2D eigenvalue weighted by molar-refractivity contribution is 5.32. The molecule has 0 N–H and O–H groups in total. The minimum Gasteiger partial charge on any atom is -0.377 e. The normalized spacial score (nSPS) is 23.7. The first kappa shape index (κ1) is 20.3. The van der Waals surface area contributed by atoms with Crippen molar-refractivity contribution >= 4 is 0 Å². The van der Waals surface area contributed by atoms with E-state index in [1.54, 1.807) is 0 Å². The number of hydrogen-bond acceptors (Lipinski definition) is 6. The van der Waals surface area contributed by atoms with Crippen LogP contribution in [0.15, 0.2) is 35.5 Å². The fourth-order valence-corrected chi connectivity index (χ4v) is 2.36. The maximum atomic E-state index is 5.70. The largest absolute Gasteiger partial charge is 0.377 e. The molecule has 0 radical (unpaired) electrons. The monoisotopic (exact) mass is 354 g/mol. The molecular weight excluding hydrogens is 324 g/mol. The van der Waals surface area contributed by atoms with Crippen LogP contribution in [0.4, 0.5) is 0 Å². The van der Waals surface area contributed by atoms with E-state index in [-0.39, 0.29) is 0 Å². The van der Waals surface area contributed by atoms with E-state index in [2.05, 4.69) is 24.3 Å². The number of fused-ring (bicyclic) bond motifs is 1. The number of hydrogen-bond donors (Lipinski definition) is 0. The summed E-state index contributed by atoms with van der Waals surface area (Å²) < 4.78 is 33.2. The second-order valence-electron chi connectivity index (χ2n) is 5.73. The Morgan fingerprint density at radius 2 is 1.04 bits per heavy atom. The molecule has 2 rings (SSSR count). The standard InChI is InChI=1S/C19H30O6/c1-2-4-19-15-18(3-1)16-24-13-11-22-9-7-20-5-6-21-8-10-23-12-14-25-17-19/h1-3,15H,4-14,16-17H2. The van der Waals surface area contributed by atoms with E-state index in [9.17, 15) is 0 Å². The van der Waals surface area contributed by atoms with Gasteiger partial charge in [-0.15, -0.1) is 0 Å². The van der Waals surface area contributed by atoms with E-state index in [0.29, 0.717) is 79.3 Å². The van der Waals surface area contributed by atoms with E-state index in [4.69, 9.17) is 28.4 Å². The smallest absolute Gasteiger partial charge is 0.0718 e. The molecule has 0 aromatic carbocycles. The molecule has 2 aliphatic rings. The predicted molar refractivity (Wildman–Crippen MR) is 94.8 cm³/mol. The van der Waals surface area contributed by atoms with Crippen molar-refractivity contribution in [1.29, 1.82) is 0 Å². The maximum Gasteiger partial charge on any atom is 0.0718 e. The number of ether oxygens (including phenoxy) is 6. The summed E-state index contributed by atoms with van der Waals surface area (Å²) in [7, 11) is 0. The first-order chi connectivity index (χ1) is 12.4. The lowest BCUT2D eigenvalue weighted by Gasteiger charge is -2.09. The fourth-order valence-electron chi connectivity index (χ4n) is 2.36. The topological polar surface area (TPSA) is 55.4 Å². The molecule has 1 heterocycles. The highest BCUT2D eigenvalue weighted by atomic mass is 16.6. The summed E-state index contributed by atoms with van der Waals surface area (Å²) in [5.74, 6) is 0. The van der Waals surface area contributed by atoms with Crippen LogP contribution in [0.1, 0.15) is 6.42 Å². The molecule has 0 aromatic heterocycles. The second-order valence-corrected chi connectivity index (χ2v) is 5.73. The van der Waals surface area contributed by atoms with Crippen LogP contribution in [-0.4, -0.2) is 79.3 Å². The molecule has 0 fully saturated rings. The van der Waals surface area contributed by atoms with Crippen LogP contribution in [-0.2, 0) is 28.4 Å². The van der Waals surface area contributed by atoms with Crippen LogP contribution in [0.2, 0.25) is 0 Å². The van der Waals surface area contributed by atoms with Gasteiger partial charge in [0.25, 0.3) is 0 Å². The van der Waals surface area contributed by atoms with Crippen LogP contribution in [0.3, 0.4) is 0 Å². The van der Waals surface area contributed by atoms with Crippen molar-refractivity contribution in [2.75, 3.05) is 79.3 Å². The molecule has 0 unspecified atom stereocenters. The third-order valence-electron chi connectivity index (χ3n) is 3.63. The molecule has 0 spiro atoms. The summed E-state index contributed by atoms with van der Waals surface area (Å²) >= 11 is 0. The van der Waals surface area contributed by atoms with Crippen LogP contribution >= 0.6 is 0 Å². The van der Waals surface area contributed by atoms with Crippen molar-refractivity contribution in [1.82, 2.24) is 0 Å². The molecule has 25 heavy (non-hydrogen) atoms. The lowest BCUT2D eigenvalue weighted by Crippen LogP contribution is -2.14. The summed E-state index contributed by atoms with van der Waals surface area (Å²) in [5, 5.41) is 0. The van der Waals surface area contributed by atoms with Gasteiger partial charge in [0.05, 0.1) is 79.3 Å². The average molecular weight is 354 g/mol. The molecular formula is C19H30O6. The average Bonchev–Trinajstić information content (AvgIpc) is 2.85. The molecule has 142 valence electrons. The summed E-state index contributed by atoms with van der Waals surface area (Å²) in [6.45, 7) is 6.90. The molecule has 0 atom stereocenters. The summed E-state index contributed by atoms with van der Waals surface area (Å²) in [5.41, 5.74) is 2.39. The minimum absolute atomic E-state index is 0.569. The Hall–Kier alpha value is -1.02. The Morgan fingerprint density at radius 1 is 0.560 bits per heavy atom. The van der Waals surface area contributed by atoms with E-state index in [1.165, 1.54) is 5.57 Å². The van der Waals surface area contributed by atoms with Crippen molar-refractivity contribution in [3.05, 3.63) is 35.5 Å². The first-order valence-corrected chi connectivity index (χ1v) is 8.97. The van der Waals surface area contributed by atoms with Gasteiger partial charge in [0, 0.05) is 0 Å². The Kier molecular flexibility index (Phi) is 11.5. The van der Waals surface area contributed by atoms with Gasteiger partial charge in [0.15, 0.2) is 0 Å². The number of allylic oxidation sites excluding steroid dienone is 3. The van der Waals surface area contributed by atoms with Crippen molar-refractivity contribution in [2.24, 2.45) is 0 Å². The fraction of sp³-hybridized carbons (Fsp3) is 0.684. The molecule has 0 saturated carbocycles. The highest BCUT2D eigenvalue weighted by Crippen LogP contribution is 2.13. The lowest BCUT2D eigenvalue weighted by molar-refractivity contribution is -0.0146. The SMILES string of the molecule is C1=CCC2=CC(=C1)COCCOCCOCCOCCOCCOC2. The Bertz CT molecular complexity index is 430. The molecule has 6 heteroatoms. The van der Waals surface area contributed by atoms with Crippen molar-refractivity contribution in [3.63, 3.8) is 0 Å². The van der Waals surface area contributed by atoms with Crippen molar-refractivity contribution < 1.29 is 28.4 Å². The van der Waals surface area contributed by atoms with Crippen molar-refractivity contribution in [3.8, 4) is 0 Å². The molecule has 6 nitrogen and oxygen atoms in total. The Labute approximate surface area is 150 Å². The molecule has 0 aromatic rings. The van der Waals surface area contributed by atoms with E-state index in [0.717, 1.165) is 12.0 Å². The first-order valence-electron chi connectivity index (χ1n) is 8.97. The molecule has 0 amide bonds. The van der Waals surface area contributed by atoms with E-state index < -0.39 is 0 Å². The van der Waals surface area contributed by atoms with Gasteiger partial charge >= 0.3 is 0 Å². The zero-order valence-corrected chi connectivity index (χ0v) is 15.0. The van der Waals surface area contributed by atoms with Gasteiger partial charge in [-0.25, -0.2) is 0 Å². The zero-order valence-electron chi connectivity index (χ0n) is 15.0. The molecule has 1 aliphatic carbocycles. The van der Waals surface area contributed by atoms with Crippen molar-refractivity contribution in [2.45, 2.75) is 6.42 Å². The molecule has 1 aliphatic heterocycles. The Balaban J connectivity index is 1.74. The maximum absolute atomic E-state index is 5.70. The van der Waals surface area contributed by atoms with E-state index >= 15 is 0 Å². The molecule has 0 saturated heterocycles. The van der Waals surface area contributed by atoms with Gasteiger partial charge in [-0.05, 0) is 17.6 Å². The third kappa shape index (κ3) is 10.5. The quantitative estimate of drug-likeness (QED) is 0.662. The summed E-state index contributed by atoms with van der Waals surface area (Å²) in [4.78, 5) is 0. The van der Waals surface area contributed by atoms with Gasteiger partial charge in [-0.1, -0.05) is 24.3 Å². The highest BCUT2D eigenvalue weighted by Gasteiger charge is 2.03. The molecule has 2 bridgehead atoms. The summed E-state index contributed by atoms with van der Waals surface area (Å²) in [6.07, 6.45) is 9.35. The van der Waals surface area contributed by atoms with Crippen LogP contribution < -0.4 is 0 Å². The van der Waals surface area contributed by atoms with Crippen LogP contribution in [0, 0.1) is 0 Å². The lowest BCUT2D eigenvalue weighted by atomic mass is 10.1. The van der Waals surface area contributed by atoms with E-state index in [1.807, 2.05) is 0 Å². The third-order valence-corrected chi connectivity index (χ3v) is 3.63. The van der Waals surface area contributed by atoms with Gasteiger partial charge in [-0.2, -0.15) is 0 Å². The van der Waals surface area contributed by atoms with Crippen LogP contribution in [0.5, 0.6) is 0 Å². The van der Waals surface area contributed by atoms with Gasteiger partial charge in [0.1, 0.15) is 0 Å². The zero-order chi connectivity index (χ0) is 17.4. The van der Waals surface area contributed by atoms with Gasteiger partial charge in [0.2, 0.25) is 0 Å².